The zero-order valence-electron chi connectivity index (χ0n) is 9.43. The van der Waals surface area contributed by atoms with Crippen LogP contribution in [0.1, 0.15) is 32.1 Å². The van der Waals surface area contributed by atoms with Gasteiger partial charge in [0.05, 0.1) is 6.10 Å². The van der Waals surface area contributed by atoms with E-state index >= 15 is 0 Å². The first kappa shape index (κ1) is 11.7. The molecule has 3 N–H and O–H groups in total. The van der Waals surface area contributed by atoms with Crippen LogP contribution in [0.25, 0.3) is 0 Å². The van der Waals surface area contributed by atoms with Crippen molar-refractivity contribution in [1.29, 1.82) is 0 Å². The number of carbonyl (C=O) groups is 1. The lowest BCUT2D eigenvalue weighted by molar-refractivity contribution is 0.133. The molecule has 2 fully saturated rings. The first-order chi connectivity index (χ1) is 7.65. The number of rotatable bonds is 2. The molecule has 2 rings (SSSR count). The standard InChI is InChI=1S/C11H20N2O3/c14-10-5-6-13(7-10)9-3-1-8(2-4-9)12-11(15)16/h8-10,12,14H,1-7H2,(H,15,16). The summed E-state index contributed by atoms with van der Waals surface area (Å²) in [7, 11) is 0. The molecule has 2 aliphatic rings. The summed E-state index contributed by atoms with van der Waals surface area (Å²) in [5.41, 5.74) is 0. The van der Waals surface area contributed by atoms with E-state index in [1.807, 2.05) is 0 Å². The Hall–Kier alpha value is -0.810. The van der Waals surface area contributed by atoms with Gasteiger partial charge in [-0.25, -0.2) is 4.79 Å². The van der Waals surface area contributed by atoms with Crippen LogP contribution in [0.2, 0.25) is 0 Å². The van der Waals surface area contributed by atoms with E-state index in [1.165, 1.54) is 0 Å². The SMILES string of the molecule is O=C(O)NC1CCC(N2CCC(O)C2)CC1. The van der Waals surface area contributed by atoms with Gasteiger partial charge in [0.25, 0.3) is 0 Å². The Kier molecular flexibility index (Phi) is 3.66. The van der Waals surface area contributed by atoms with Crippen molar-refractivity contribution < 1.29 is 15.0 Å². The first-order valence-corrected chi connectivity index (χ1v) is 6.06. The van der Waals surface area contributed by atoms with Crippen LogP contribution in [-0.4, -0.2) is 52.5 Å². The molecule has 1 saturated heterocycles. The highest BCUT2D eigenvalue weighted by Crippen LogP contribution is 2.26. The Labute approximate surface area is 95.4 Å². The second kappa shape index (κ2) is 5.01. The Balaban J connectivity index is 1.74. The second-order valence-electron chi connectivity index (χ2n) is 4.89. The maximum atomic E-state index is 10.5. The summed E-state index contributed by atoms with van der Waals surface area (Å²) < 4.78 is 0. The van der Waals surface area contributed by atoms with Crippen molar-refractivity contribution in [2.45, 2.75) is 50.3 Å². The van der Waals surface area contributed by atoms with E-state index in [1.54, 1.807) is 0 Å². The highest BCUT2D eigenvalue weighted by molar-refractivity contribution is 5.64. The van der Waals surface area contributed by atoms with Crippen LogP contribution < -0.4 is 5.32 Å². The van der Waals surface area contributed by atoms with Crippen LogP contribution >= 0.6 is 0 Å². The minimum Gasteiger partial charge on any atom is -0.465 e. The summed E-state index contributed by atoms with van der Waals surface area (Å²) in [6.45, 7) is 1.78. The molecule has 0 radical (unpaired) electrons. The Morgan fingerprint density at radius 1 is 1.19 bits per heavy atom. The monoisotopic (exact) mass is 228 g/mol. The smallest absolute Gasteiger partial charge is 0.404 e. The Bertz CT molecular complexity index is 252. The summed E-state index contributed by atoms with van der Waals surface area (Å²) in [5.74, 6) is 0. The van der Waals surface area contributed by atoms with Gasteiger partial charge in [-0.3, -0.25) is 4.90 Å². The third-order valence-corrected chi connectivity index (χ3v) is 3.74. The van der Waals surface area contributed by atoms with Crippen LogP contribution in [0.4, 0.5) is 4.79 Å². The lowest BCUT2D eigenvalue weighted by atomic mass is 9.90. The van der Waals surface area contributed by atoms with Crippen molar-refractivity contribution in [3.05, 3.63) is 0 Å². The molecule has 1 heterocycles. The molecular weight excluding hydrogens is 208 g/mol. The molecule has 0 aromatic carbocycles. The van der Waals surface area contributed by atoms with Gasteiger partial charge in [0, 0.05) is 25.2 Å². The predicted octanol–water partition coefficient (Wildman–Crippen LogP) is 0.632. The molecule has 1 aliphatic heterocycles. The molecule has 1 atom stereocenters. The van der Waals surface area contributed by atoms with Crippen molar-refractivity contribution in [2.24, 2.45) is 0 Å². The van der Waals surface area contributed by atoms with E-state index in [0.717, 1.165) is 45.2 Å². The molecule has 16 heavy (non-hydrogen) atoms. The predicted molar refractivity (Wildman–Crippen MR) is 59.4 cm³/mol. The zero-order chi connectivity index (χ0) is 11.5. The molecule has 1 saturated carbocycles. The fraction of sp³-hybridized carbons (Fsp3) is 0.909. The van der Waals surface area contributed by atoms with Crippen LogP contribution in [-0.2, 0) is 0 Å². The summed E-state index contributed by atoms with van der Waals surface area (Å²) in [6.07, 6.45) is 3.73. The van der Waals surface area contributed by atoms with Crippen molar-refractivity contribution in [3.63, 3.8) is 0 Å². The summed E-state index contributed by atoms with van der Waals surface area (Å²) >= 11 is 0. The molecule has 5 heteroatoms. The average molecular weight is 228 g/mol. The summed E-state index contributed by atoms with van der Waals surface area (Å²) in [5, 5.41) is 20.6. The lowest BCUT2D eigenvalue weighted by Crippen LogP contribution is -2.43. The minimum absolute atomic E-state index is 0.126. The Morgan fingerprint density at radius 2 is 1.88 bits per heavy atom. The molecule has 5 nitrogen and oxygen atoms in total. The lowest BCUT2D eigenvalue weighted by Gasteiger charge is -2.34. The number of aliphatic hydroxyl groups excluding tert-OH is 1. The summed E-state index contributed by atoms with van der Waals surface area (Å²) in [6, 6.07) is 0.672. The zero-order valence-corrected chi connectivity index (χ0v) is 9.43. The van der Waals surface area contributed by atoms with E-state index in [0.29, 0.717) is 6.04 Å². The topological polar surface area (TPSA) is 72.8 Å². The van der Waals surface area contributed by atoms with Gasteiger partial charge in [-0.1, -0.05) is 0 Å². The maximum Gasteiger partial charge on any atom is 0.404 e. The van der Waals surface area contributed by atoms with Gasteiger partial charge >= 0.3 is 6.09 Å². The molecule has 0 spiro atoms. The minimum atomic E-state index is -0.917. The molecule has 1 unspecified atom stereocenters. The third-order valence-electron chi connectivity index (χ3n) is 3.74. The van der Waals surface area contributed by atoms with E-state index in [9.17, 15) is 9.90 Å². The number of aliphatic hydroxyl groups is 1. The number of nitrogens with one attached hydrogen (secondary N) is 1. The van der Waals surface area contributed by atoms with E-state index in [4.69, 9.17) is 5.11 Å². The first-order valence-electron chi connectivity index (χ1n) is 6.06. The molecule has 0 aromatic rings. The van der Waals surface area contributed by atoms with Gasteiger partial charge in [0.2, 0.25) is 0 Å². The van der Waals surface area contributed by atoms with Crippen molar-refractivity contribution in [2.75, 3.05) is 13.1 Å². The van der Waals surface area contributed by atoms with Crippen molar-refractivity contribution >= 4 is 6.09 Å². The highest BCUT2D eigenvalue weighted by atomic mass is 16.4. The van der Waals surface area contributed by atoms with Crippen LogP contribution in [0.15, 0.2) is 0 Å². The van der Waals surface area contributed by atoms with Gasteiger partial charge in [-0.2, -0.15) is 0 Å². The van der Waals surface area contributed by atoms with E-state index in [-0.39, 0.29) is 12.1 Å². The molecule has 0 aromatic heterocycles. The van der Waals surface area contributed by atoms with E-state index < -0.39 is 6.09 Å². The largest absolute Gasteiger partial charge is 0.465 e. The quantitative estimate of drug-likeness (QED) is 0.648. The molecular formula is C11H20N2O3. The van der Waals surface area contributed by atoms with Crippen LogP contribution in [0.3, 0.4) is 0 Å². The second-order valence-corrected chi connectivity index (χ2v) is 4.89. The van der Waals surface area contributed by atoms with Gasteiger partial charge in [-0.15, -0.1) is 0 Å². The number of hydrogen-bond donors (Lipinski definition) is 3. The number of nitrogens with zero attached hydrogens (tertiary/aromatic N) is 1. The average Bonchev–Trinajstić information content (AvgIpc) is 2.65. The van der Waals surface area contributed by atoms with Gasteiger partial charge < -0.3 is 15.5 Å². The fourth-order valence-electron chi connectivity index (χ4n) is 2.86. The molecule has 1 aliphatic carbocycles. The molecule has 1 amide bonds. The number of β-amino-alcohol motifs (C(OH)–C–C–N with tert-alkyl or cyclic N) is 1. The van der Waals surface area contributed by atoms with Crippen molar-refractivity contribution in [3.8, 4) is 0 Å². The number of hydrogen-bond acceptors (Lipinski definition) is 3. The fourth-order valence-corrected chi connectivity index (χ4v) is 2.86. The molecule has 92 valence electrons. The van der Waals surface area contributed by atoms with E-state index in [2.05, 4.69) is 10.2 Å². The highest BCUT2D eigenvalue weighted by Gasteiger charge is 2.30. The number of likely N-dealkylation sites (tertiary alicyclic amines) is 1. The normalized spacial score (nSPS) is 36.2. The van der Waals surface area contributed by atoms with Crippen molar-refractivity contribution in [1.82, 2.24) is 10.2 Å². The number of carboxylic acid groups (broad SMARTS) is 1. The van der Waals surface area contributed by atoms with Crippen LogP contribution in [0, 0.1) is 0 Å². The van der Waals surface area contributed by atoms with Gasteiger partial charge in [0.1, 0.15) is 0 Å². The van der Waals surface area contributed by atoms with Crippen LogP contribution in [0.5, 0.6) is 0 Å². The summed E-state index contributed by atoms with van der Waals surface area (Å²) in [4.78, 5) is 12.8. The third kappa shape index (κ3) is 2.86. The van der Waals surface area contributed by atoms with Gasteiger partial charge in [0.15, 0.2) is 0 Å². The van der Waals surface area contributed by atoms with Gasteiger partial charge in [-0.05, 0) is 32.1 Å². The maximum absolute atomic E-state index is 10.5. The molecule has 0 bridgehead atoms. The number of amides is 1. The Morgan fingerprint density at radius 3 is 2.38 bits per heavy atom.